The second kappa shape index (κ2) is 9.23. The third-order valence-corrected chi connectivity index (χ3v) is 4.16. The van der Waals surface area contributed by atoms with Crippen LogP contribution in [0.2, 0.25) is 0 Å². The van der Waals surface area contributed by atoms with Crippen molar-refractivity contribution >= 4 is 35.0 Å². The van der Waals surface area contributed by atoms with Gasteiger partial charge in [0.1, 0.15) is 5.75 Å². The molecule has 0 spiro atoms. The Morgan fingerprint density at radius 2 is 1.52 bits per heavy atom. The second-order valence-corrected chi connectivity index (χ2v) is 6.19. The summed E-state index contributed by atoms with van der Waals surface area (Å²) in [5, 5.41) is 5.36. The first-order valence-corrected chi connectivity index (χ1v) is 8.95. The molecule has 146 valence electrons. The van der Waals surface area contributed by atoms with E-state index in [-0.39, 0.29) is 5.91 Å². The molecule has 3 aromatic rings. The number of methoxy groups -OCH3 is 1. The molecule has 3 aromatic carbocycles. The van der Waals surface area contributed by atoms with Gasteiger partial charge >= 0.3 is 6.03 Å². The summed E-state index contributed by atoms with van der Waals surface area (Å²) in [6, 6.07) is 22.9. The molecule has 29 heavy (non-hydrogen) atoms. The summed E-state index contributed by atoms with van der Waals surface area (Å²) in [7, 11) is 1.59. The second-order valence-electron chi connectivity index (χ2n) is 6.19. The summed E-state index contributed by atoms with van der Waals surface area (Å²) in [5.74, 6) is 0.375. The standard InChI is InChI=1S/C23H21N3O3/c1-29-21-13-6-5-10-17(21)14-20(16-8-3-2-4-9-16)22(27)25-18-11-7-12-19(15-18)26-23(24)28/h2-15H,1H3,(H,25,27)(H3,24,26,28)/b20-14+. The van der Waals surface area contributed by atoms with Gasteiger partial charge in [0, 0.05) is 22.5 Å². The molecule has 0 bridgehead atoms. The van der Waals surface area contributed by atoms with E-state index >= 15 is 0 Å². The number of urea groups is 1. The van der Waals surface area contributed by atoms with Gasteiger partial charge in [-0.15, -0.1) is 0 Å². The van der Waals surface area contributed by atoms with Crippen LogP contribution in [0.15, 0.2) is 78.9 Å². The number of primary amides is 1. The van der Waals surface area contributed by atoms with Gasteiger partial charge in [-0.3, -0.25) is 4.79 Å². The lowest BCUT2D eigenvalue weighted by Gasteiger charge is -2.12. The summed E-state index contributed by atoms with van der Waals surface area (Å²) in [5.41, 5.74) is 8.20. The molecular weight excluding hydrogens is 366 g/mol. The molecule has 0 atom stereocenters. The zero-order valence-electron chi connectivity index (χ0n) is 15.9. The molecule has 3 amide bonds. The average molecular weight is 387 g/mol. The summed E-state index contributed by atoms with van der Waals surface area (Å²) in [6.07, 6.45) is 1.79. The van der Waals surface area contributed by atoms with Gasteiger partial charge in [0.15, 0.2) is 0 Å². The lowest BCUT2D eigenvalue weighted by Crippen LogP contribution is -2.19. The van der Waals surface area contributed by atoms with E-state index < -0.39 is 6.03 Å². The van der Waals surface area contributed by atoms with Gasteiger partial charge in [0.25, 0.3) is 5.91 Å². The zero-order chi connectivity index (χ0) is 20.6. The normalized spacial score (nSPS) is 10.9. The predicted molar refractivity (Wildman–Crippen MR) is 116 cm³/mol. The minimum Gasteiger partial charge on any atom is -0.496 e. The highest BCUT2D eigenvalue weighted by Gasteiger charge is 2.14. The molecule has 0 radical (unpaired) electrons. The molecule has 0 aliphatic rings. The Balaban J connectivity index is 1.96. The van der Waals surface area contributed by atoms with Crippen LogP contribution < -0.4 is 21.1 Å². The fourth-order valence-electron chi connectivity index (χ4n) is 2.85. The Bertz CT molecular complexity index is 1050. The highest BCUT2D eigenvalue weighted by molar-refractivity contribution is 6.29. The fourth-order valence-corrected chi connectivity index (χ4v) is 2.85. The van der Waals surface area contributed by atoms with Crippen LogP contribution in [-0.2, 0) is 4.79 Å². The SMILES string of the molecule is COc1ccccc1/C=C(/C(=O)Nc1cccc(NC(N)=O)c1)c1ccccc1. The van der Waals surface area contributed by atoms with E-state index in [4.69, 9.17) is 10.5 Å². The first-order chi connectivity index (χ1) is 14.1. The Labute approximate surface area is 169 Å². The highest BCUT2D eigenvalue weighted by Crippen LogP contribution is 2.26. The van der Waals surface area contributed by atoms with Crippen LogP contribution in [-0.4, -0.2) is 19.0 Å². The molecular formula is C23H21N3O3. The number of rotatable bonds is 6. The number of carbonyl (C=O) groups excluding carboxylic acids is 2. The summed E-state index contributed by atoms with van der Waals surface area (Å²) < 4.78 is 5.40. The van der Waals surface area contributed by atoms with Crippen LogP contribution in [0, 0.1) is 0 Å². The number of hydrogen-bond donors (Lipinski definition) is 3. The quantitative estimate of drug-likeness (QED) is 0.433. The van der Waals surface area contributed by atoms with E-state index in [2.05, 4.69) is 10.6 Å². The number of amides is 3. The molecule has 0 saturated heterocycles. The predicted octanol–water partition coefficient (Wildman–Crippen LogP) is 4.37. The van der Waals surface area contributed by atoms with Crippen LogP contribution in [0.5, 0.6) is 5.75 Å². The number of benzene rings is 3. The van der Waals surface area contributed by atoms with Gasteiger partial charge < -0.3 is 21.1 Å². The van der Waals surface area contributed by atoms with E-state index in [9.17, 15) is 9.59 Å². The van der Waals surface area contributed by atoms with Crippen LogP contribution in [0.1, 0.15) is 11.1 Å². The van der Waals surface area contributed by atoms with E-state index in [1.54, 1.807) is 37.5 Å². The van der Waals surface area contributed by atoms with Gasteiger partial charge in [-0.05, 0) is 35.9 Å². The van der Waals surface area contributed by atoms with Crippen molar-refractivity contribution in [1.29, 1.82) is 0 Å². The number of carbonyl (C=O) groups is 2. The van der Waals surface area contributed by atoms with Gasteiger partial charge in [-0.25, -0.2) is 4.79 Å². The maximum Gasteiger partial charge on any atom is 0.316 e. The Hall–Kier alpha value is -4.06. The largest absolute Gasteiger partial charge is 0.496 e. The van der Waals surface area contributed by atoms with E-state index in [0.717, 1.165) is 11.1 Å². The molecule has 0 heterocycles. The Morgan fingerprint density at radius 1 is 0.862 bits per heavy atom. The van der Waals surface area contributed by atoms with Crippen LogP contribution in [0.3, 0.4) is 0 Å². The lowest BCUT2D eigenvalue weighted by molar-refractivity contribution is -0.111. The fraction of sp³-hybridized carbons (Fsp3) is 0.0435. The number of nitrogens with one attached hydrogen (secondary N) is 2. The third-order valence-electron chi connectivity index (χ3n) is 4.16. The van der Waals surface area contributed by atoms with Crippen molar-refractivity contribution in [2.24, 2.45) is 5.73 Å². The van der Waals surface area contributed by atoms with Crippen molar-refractivity contribution < 1.29 is 14.3 Å². The highest BCUT2D eigenvalue weighted by atomic mass is 16.5. The maximum absolute atomic E-state index is 13.1. The number of ether oxygens (including phenoxy) is 1. The van der Waals surface area contributed by atoms with E-state index in [1.807, 2.05) is 54.6 Å². The van der Waals surface area contributed by atoms with Gasteiger partial charge in [-0.2, -0.15) is 0 Å². The van der Waals surface area contributed by atoms with Crippen molar-refractivity contribution in [2.45, 2.75) is 0 Å². The minimum atomic E-state index is -0.672. The van der Waals surface area contributed by atoms with Crippen LogP contribution in [0.25, 0.3) is 11.6 Å². The van der Waals surface area contributed by atoms with Gasteiger partial charge in [0.05, 0.1) is 7.11 Å². The van der Waals surface area contributed by atoms with E-state index in [0.29, 0.717) is 22.7 Å². The molecule has 0 aliphatic heterocycles. The summed E-state index contributed by atoms with van der Waals surface area (Å²) >= 11 is 0. The molecule has 0 aliphatic carbocycles. The van der Waals surface area contributed by atoms with Crippen molar-refractivity contribution in [3.63, 3.8) is 0 Å². The molecule has 6 nitrogen and oxygen atoms in total. The molecule has 6 heteroatoms. The maximum atomic E-state index is 13.1. The van der Waals surface area contributed by atoms with Gasteiger partial charge in [-0.1, -0.05) is 54.6 Å². The molecule has 0 saturated carbocycles. The average Bonchev–Trinajstić information content (AvgIpc) is 2.72. The molecule has 4 N–H and O–H groups in total. The minimum absolute atomic E-state index is 0.293. The first-order valence-electron chi connectivity index (χ1n) is 8.95. The molecule has 3 rings (SSSR count). The molecule has 0 aromatic heterocycles. The topological polar surface area (TPSA) is 93.4 Å². The van der Waals surface area contributed by atoms with Crippen molar-refractivity contribution in [1.82, 2.24) is 0 Å². The molecule has 0 unspecified atom stereocenters. The number of anilines is 2. The third kappa shape index (κ3) is 5.23. The smallest absolute Gasteiger partial charge is 0.316 e. The number of para-hydroxylation sites is 1. The van der Waals surface area contributed by atoms with Crippen LogP contribution in [0.4, 0.5) is 16.2 Å². The van der Waals surface area contributed by atoms with Crippen molar-refractivity contribution in [3.05, 3.63) is 90.0 Å². The zero-order valence-corrected chi connectivity index (χ0v) is 15.9. The lowest BCUT2D eigenvalue weighted by atomic mass is 10.0. The number of hydrogen-bond acceptors (Lipinski definition) is 3. The summed E-state index contributed by atoms with van der Waals surface area (Å²) in [6.45, 7) is 0. The number of nitrogens with two attached hydrogens (primary N) is 1. The molecule has 0 fully saturated rings. The van der Waals surface area contributed by atoms with Gasteiger partial charge in [0.2, 0.25) is 0 Å². The Kier molecular flexibility index (Phi) is 6.27. The van der Waals surface area contributed by atoms with E-state index in [1.165, 1.54) is 0 Å². The summed E-state index contributed by atoms with van der Waals surface area (Å²) in [4.78, 5) is 24.2. The Morgan fingerprint density at radius 3 is 2.21 bits per heavy atom. The van der Waals surface area contributed by atoms with Crippen molar-refractivity contribution in [2.75, 3.05) is 17.7 Å². The van der Waals surface area contributed by atoms with Crippen LogP contribution >= 0.6 is 0 Å². The van der Waals surface area contributed by atoms with Crippen molar-refractivity contribution in [3.8, 4) is 5.75 Å². The first kappa shape index (κ1) is 19.7. The monoisotopic (exact) mass is 387 g/mol.